The standard InChI is InChI=1S/C14H18N4O2/c1-2-20-14(19)11-3-4-12(15)13(9-11)17-6-8-18-7-5-16-10-18/h3-5,7,9-10,17H,2,6,8,15H2,1H3. The zero-order chi connectivity index (χ0) is 14.4. The molecule has 6 nitrogen and oxygen atoms in total. The Hall–Kier alpha value is -2.50. The van der Waals surface area contributed by atoms with Crippen LogP contribution in [0.4, 0.5) is 11.4 Å². The fourth-order valence-corrected chi connectivity index (χ4v) is 1.79. The number of esters is 1. The Kier molecular flexibility index (Phi) is 4.60. The molecule has 20 heavy (non-hydrogen) atoms. The van der Waals surface area contributed by atoms with Crippen molar-refractivity contribution in [3.63, 3.8) is 0 Å². The minimum atomic E-state index is -0.342. The molecule has 2 rings (SSSR count). The normalized spacial score (nSPS) is 10.2. The van der Waals surface area contributed by atoms with E-state index < -0.39 is 0 Å². The first-order chi connectivity index (χ1) is 9.70. The third-order valence-corrected chi connectivity index (χ3v) is 2.81. The second-order valence-electron chi connectivity index (χ2n) is 4.25. The average molecular weight is 274 g/mol. The summed E-state index contributed by atoms with van der Waals surface area (Å²) in [5.74, 6) is -0.342. The van der Waals surface area contributed by atoms with E-state index in [1.54, 1.807) is 37.6 Å². The smallest absolute Gasteiger partial charge is 0.338 e. The molecule has 0 bridgehead atoms. The number of nitrogen functional groups attached to an aromatic ring is 1. The Morgan fingerprint density at radius 1 is 1.50 bits per heavy atom. The quantitative estimate of drug-likeness (QED) is 0.619. The first-order valence-corrected chi connectivity index (χ1v) is 6.47. The van der Waals surface area contributed by atoms with E-state index in [1.807, 2.05) is 10.8 Å². The first kappa shape index (κ1) is 13.9. The van der Waals surface area contributed by atoms with Crippen LogP contribution in [0.1, 0.15) is 17.3 Å². The molecular formula is C14H18N4O2. The Balaban J connectivity index is 1.99. The molecule has 0 saturated carbocycles. The molecule has 1 aromatic carbocycles. The highest BCUT2D eigenvalue weighted by Crippen LogP contribution is 2.20. The molecular weight excluding hydrogens is 256 g/mol. The third-order valence-electron chi connectivity index (χ3n) is 2.81. The van der Waals surface area contributed by atoms with Crippen LogP contribution in [0.2, 0.25) is 0 Å². The summed E-state index contributed by atoms with van der Waals surface area (Å²) in [4.78, 5) is 15.6. The van der Waals surface area contributed by atoms with E-state index in [0.29, 0.717) is 24.4 Å². The van der Waals surface area contributed by atoms with Gasteiger partial charge in [-0.1, -0.05) is 0 Å². The van der Waals surface area contributed by atoms with Crippen LogP contribution in [0, 0.1) is 0 Å². The zero-order valence-electron chi connectivity index (χ0n) is 11.4. The summed E-state index contributed by atoms with van der Waals surface area (Å²) in [7, 11) is 0. The second kappa shape index (κ2) is 6.60. The molecule has 1 aromatic heterocycles. The van der Waals surface area contributed by atoms with Gasteiger partial charge in [0.15, 0.2) is 0 Å². The van der Waals surface area contributed by atoms with Crippen molar-refractivity contribution in [1.29, 1.82) is 0 Å². The van der Waals surface area contributed by atoms with E-state index in [1.165, 1.54) is 0 Å². The number of hydrogen-bond donors (Lipinski definition) is 2. The molecule has 0 aliphatic rings. The van der Waals surface area contributed by atoms with Crippen LogP contribution in [0.25, 0.3) is 0 Å². The van der Waals surface area contributed by atoms with Gasteiger partial charge in [0.1, 0.15) is 0 Å². The number of anilines is 2. The van der Waals surface area contributed by atoms with Gasteiger partial charge in [0.05, 0.1) is 29.9 Å². The molecule has 0 radical (unpaired) electrons. The topological polar surface area (TPSA) is 82.2 Å². The van der Waals surface area contributed by atoms with Crippen molar-refractivity contribution in [2.75, 3.05) is 24.2 Å². The van der Waals surface area contributed by atoms with Gasteiger partial charge < -0.3 is 20.4 Å². The van der Waals surface area contributed by atoms with Crippen molar-refractivity contribution in [2.45, 2.75) is 13.5 Å². The number of hydrogen-bond acceptors (Lipinski definition) is 5. The minimum Gasteiger partial charge on any atom is -0.462 e. The molecule has 2 aromatic rings. The van der Waals surface area contributed by atoms with Gasteiger partial charge in [-0.05, 0) is 25.1 Å². The van der Waals surface area contributed by atoms with Crippen molar-refractivity contribution in [3.8, 4) is 0 Å². The molecule has 0 fully saturated rings. The van der Waals surface area contributed by atoms with Crippen molar-refractivity contribution < 1.29 is 9.53 Å². The molecule has 0 unspecified atom stereocenters. The van der Waals surface area contributed by atoms with Crippen LogP contribution in [0.15, 0.2) is 36.9 Å². The summed E-state index contributed by atoms with van der Waals surface area (Å²) in [5, 5.41) is 3.21. The van der Waals surface area contributed by atoms with E-state index in [0.717, 1.165) is 12.2 Å². The summed E-state index contributed by atoms with van der Waals surface area (Å²) >= 11 is 0. The second-order valence-corrected chi connectivity index (χ2v) is 4.25. The van der Waals surface area contributed by atoms with Gasteiger partial charge in [0.2, 0.25) is 0 Å². The van der Waals surface area contributed by atoms with Crippen LogP contribution >= 0.6 is 0 Å². The summed E-state index contributed by atoms with van der Waals surface area (Å²) in [6.07, 6.45) is 5.37. The maximum absolute atomic E-state index is 11.7. The number of carbonyl (C=O) groups is 1. The number of ether oxygens (including phenoxy) is 1. The highest BCUT2D eigenvalue weighted by Gasteiger charge is 2.08. The largest absolute Gasteiger partial charge is 0.462 e. The average Bonchev–Trinajstić information content (AvgIpc) is 2.94. The molecule has 1 heterocycles. The van der Waals surface area contributed by atoms with Crippen molar-refractivity contribution in [2.24, 2.45) is 0 Å². The maximum Gasteiger partial charge on any atom is 0.338 e. The summed E-state index contributed by atoms with van der Waals surface area (Å²) < 4.78 is 6.92. The maximum atomic E-state index is 11.7. The number of nitrogens with one attached hydrogen (secondary N) is 1. The van der Waals surface area contributed by atoms with Gasteiger partial charge in [-0.15, -0.1) is 0 Å². The molecule has 3 N–H and O–H groups in total. The van der Waals surface area contributed by atoms with Crippen LogP contribution < -0.4 is 11.1 Å². The molecule has 0 atom stereocenters. The van der Waals surface area contributed by atoms with E-state index in [9.17, 15) is 4.79 Å². The monoisotopic (exact) mass is 274 g/mol. The highest BCUT2D eigenvalue weighted by atomic mass is 16.5. The Morgan fingerprint density at radius 2 is 2.35 bits per heavy atom. The predicted octanol–water partition coefficient (Wildman–Crippen LogP) is 1.75. The van der Waals surface area contributed by atoms with Gasteiger partial charge in [0, 0.05) is 25.5 Å². The predicted molar refractivity (Wildman–Crippen MR) is 77.5 cm³/mol. The van der Waals surface area contributed by atoms with Crippen LogP contribution in [0.5, 0.6) is 0 Å². The Morgan fingerprint density at radius 3 is 3.05 bits per heavy atom. The minimum absolute atomic E-state index is 0.342. The van der Waals surface area contributed by atoms with E-state index in [2.05, 4.69) is 10.3 Å². The van der Waals surface area contributed by atoms with Gasteiger partial charge in [0.25, 0.3) is 0 Å². The fourth-order valence-electron chi connectivity index (χ4n) is 1.79. The number of nitrogens with two attached hydrogens (primary N) is 1. The van der Waals surface area contributed by atoms with Crippen LogP contribution in [-0.2, 0) is 11.3 Å². The lowest BCUT2D eigenvalue weighted by Gasteiger charge is -2.11. The number of benzene rings is 1. The van der Waals surface area contributed by atoms with Gasteiger partial charge in [-0.2, -0.15) is 0 Å². The van der Waals surface area contributed by atoms with E-state index in [4.69, 9.17) is 10.5 Å². The van der Waals surface area contributed by atoms with Crippen molar-refractivity contribution >= 4 is 17.3 Å². The number of carbonyl (C=O) groups excluding carboxylic acids is 1. The molecule has 0 saturated heterocycles. The van der Waals surface area contributed by atoms with Gasteiger partial charge >= 0.3 is 5.97 Å². The van der Waals surface area contributed by atoms with Gasteiger partial charge in [-0.25, -0.2) is 9.78 Å². The van der Waals surface area contributed by atoms with Crippen molar-refractivity contribution in [1.82, 2.24) is 9.55 Å². The summed E-state index contributed by atoms with van der Waals surface area (Å²) in [6.45, 7) is 3.59. The Bertz CT molecular complexity index is 567. The fraction of sp³-hybridized carbons (Fsp3) is 0.286. The lowest BCUT2D eigenvalue weighted by molar-refractivity contribution is 0.0526. The lowest BCUT2D eigenvalue weighted by atomic mass is 10.1. The molecule has 0 spiro atoms. The molecule has 0 aliphatic carbocycles. The van der Waals surface area contributed by atoms with Gasteiger partial charge in [-0.3, -0.25) is 0 Å². The van der Waals surface area contributed by atoms with E-state index in [-0.39, 0.29) is 5.97 Å². The molecule has 106 valence electrons. The van der Waals surface area contributed by atoms with E-state index >= 15 is 0 Å². The van der Waals surface area contributed by atoms with Crippen LogP contribution in [-0.4, -0.2) is 28.7 Å². The lowest BCUT2D eigenvalue weighted by Crippen LogP contribution is -2.12. The van der Waals surface area contributed by atoms with Crippen molar-refractivity contribution in [3.05, 3.63) is 42.5 Å². The third kappa shape index (κ3) is 3.50. The zero-order valence-corrected chi connectivity index (χ0v) is 11.4. The highest BCUT2D eigenvalue weighted by molar-refractivity contribution is 5.92. The number of nitrogens with zero attached hydrogens (tertiary/aromatic N) is 2. The summed E-state index contributed by atoms with van der Waals surface area (Å²) in [5.41, 5.74) is 7.71. The van der Waals surface area contributed by atoms with Crippen LogP contribution in [0.3, 0.4) is 0 Å². The molecule has 6 heteroatoms. The Labute approximate surface area is 117 Å². The summed E-state index contributed by atoms with van der Waals surface area (Å²) in [6, 6.07) is 5.07. The molecule has 0 amide bonds. The number of imidazole rings is 1. The first-order valence-electron chi connectivity index (χ1n) is 6.47. The number of aromatic nitrogens is 2. The number of rotatable bonds is 6. The SMILES string of the molecule is CCOC(=O)c1ccc(N)c(NCCn2ccnc2)c1. The molecule has 0 aliphatic heterocycles.